The maximum Gasteiger partial charge on any atom is 0.256 e. The van der Waals surface area contributed by atoms with Crippen molar-refractivity contribution in [1.82, 2.24) is 14.1 Å². The Labute approximate surface area is 139 Å². The number of ether oxygens (including phenoxy) is 1. The van der Waals surface area contributed by atoms with Gasteiger partial charge in [0.2, 0.25) is 0 Å². The lowest BCUT2D eigenvalue weighted by molar-refractivity contribution is 0.223. The lowest BCUT2D eigenvalue weighted by atomic mass is 9.92. The summed E-state index contributed by atoms with van der Waals surface area (Å²) in [6.45, 7) is 0.562. The van der Waals surface area contributed by atoms with Crippen LogP contribution in [0.4, 0.5) is 0 Å². The first-order valence-electron chi connectivity index (χ1n) is 7.18. The van der Waals surface area contributed by atoms with Gasteiger partial charge in [-0.05, 0) is 17.0 Å². The summed E-state index contributed by atoms with van der Waals surface area (Å²) in [5.74, 6) is 0.162. The minimum Gasteiger partial charge on any atom is -0.494 e. The van der Waals surface area contributed by atoms with Gasteiger partial charge in [0.1, 0.15) is 5.75 Å². The topological polar surface area (TPSA) is 84.7 Å². The van der Waals surface area contributed by atoms with Crippen molar-refractivity contribution in [1.29, 1.82) is 0 Å². The van der Waals surface area contributed by atoms with Gasteiger partial charge in [0, 0.05) is 44.8 Å². The minimum absolute atomic E-state index is 0.0607. The molecular formula is C14H19N3O4S2. The van der Waals surface area contributed by atoms with Gasteiger partial charge in [-0.3, -0.25) is 4.68 Å². The van der Waals surface area contributed by atoms with Gasteiger partial charge in [-0.1, -0.05) is 0 Å². The summed E-state index contributed by atoms with van der Waals surface area (Å²) in [6, 6.07) is 1.65. The van der Waals surface area contributed by atoms with Crippen LogP contribution in [0.5, 0.6) is 5.75 Å². The van der Waals surface area contributed by atoms with Crippen molar-refractivity contribution < 1.29 is 18.3 Å². The lowest BCUT2D eigenvalue weighted by Gasteiger charge is -2.16. The second-order valence-electron chi connectivity index (χ2n) is 5.59. The molecule has 3 heterocycles. The van der Waals surface area contributed by atoms with Gasteiger partial charge in [0.15, 0.2) is 4.21 Å². The van der Waals surface area contributed by atoms with Crippen LogP contribution in [0.2, 0.25) is 0 Å². The Hall–Kier alpha value is -1.42. The fourth-order valence-electron chi connectivity index (χ4n) is 2.96. The summed E-state index contributed by atoms with van der Waals surface area (Å²) in [7, 11) is -0.351. The van der Waals surface area contributed by atoms with Crippen LogP contribution in [0.3, 0.4) is 0 Å². The van der Waals surface area contributed by atoms with Crippen molar-refractivity contribution in [3.8, 4) is 5.75 Å². The SMILES string of the molecule is COc1ccsc1S(=O)(=O)N1C[C@@H](CO)[C@H](c2cnn(C)c2)C1. The number of nitrogens with zero attached hydrogens (tertiary/aromatic N) is 3. The number of thiophene rings is 1. The van der Waals surface area contributed by atoms with E-state index in [-0.39, 0.29) is 22.7 Å². The molecule has 126 valence electrons. The molecule has 2 aromatic rings. The molecule has 3 rings (SSSR count). The van der Waals surface area contributed by atoms with Gasteiger partial charge in [-0.25, -0.2) is 8.42 Å². The number of methoxy groups -OCH3 is 1. The molecule has 1 saturated heterocycles. The van der Waals surface area contributed by atoms with Crippen LogP contribution in [-0.2, 0) is 17.1 Å². The number of aliphatic hydroxyl groups is 1. The van der Waals surface area contributed by atoms with Gasteiger partial charge < -0.3 is 9.84 Å². The molecule has 0 unspecified atom stereocenters. The Morgan fingerprint density at radius 1 is 1.48 bits per heavy atom. The van der Waals surface area contributed by atoms with E-state index in [9.17, 15) is 13.5 Å². The molecular weight excluding hydrogens is 338 g/mol. The number of hydrogen-bond donors (Lipinski definition) is 1. The highest BCUT2D eigenvalue weighted by Gasteiger charge is 2.41. The fourth-order valence-corrected chi connectivity index (χ4v) is 5.90. The van der Waals surface area contributed by atoms with Gasteiger partial charge in [0.05, 0.1) is 13.3 Å². The zero-order valence-corrected chi connectivity index (χ0v) is 14.5. The summed E-state index contributed by atoms with van der Waals surface area (Å²) >= 11 is 1.14. The lowest BCUT2D eigenvalue weighted by Crippen LogP contribution is -2.29. The average molecular weight is 357 g/mol. The molecule has 0 saturated carbocycles. The molecule has 1 fully saturated rings. The number of rotatable bonds is 5. The smallest absolute Gasteiger partial charge is 0.256 e. The molecule has 0 radical (unpaired) electrons. The molecule has 2 aromatic heterocycles. The Balaban J connectivity index is 1.90. The predicted molar refractivity (Wildman–Crippen MR) is 86.2 cm³/mol. The molecule has 1 aliphatic rings. The molecule has 0 bridgehead atoms. The van der Waals surface area contributed by atoms with Gasteiger partial charge in [0.25, 0.3) is 10.0 Å². The van der Waals surface area contributed by atoms with Crippen LogP contribution in [0.15, 0.2) is 28.0 Å². The molecule has 1 N–H and O–H groups in total. The minimum atomic E-state index is -3.63. The summed E-state index contributed by atoms with van der Waals surface area (Å²) in [5.41, 5.74) is 0.947. The van der Waals surface area contributed by atoms with E-state index in [0.717, 1.165) is 16.9 Å². The molecule has 0 aromatic carbocycles. The first-order chi connectivity index (χ1) is 11.0. The van der Waals surface area contributed by atoms with Gasteiger partial charge in [-0.2, -0.15) is 9.40 Å². The Kier molecular flexibility index (Phi) is 4.45. The second-order valence-corrected chi connectivity index (χ2v) is 8.64. The van der Waals surface area contributed by atoms with Gasteiger partial charge in [-0.15, -0.1) is 11.3 Å². The van der Waals surface area contributed by atoms with Crippen LogP contribution in [0.1, 0.15) is 11.5 Å². The number of aryl methyl sites for hydroxylation is 1. The summed E-state index contributed by atoms with van der Waals surface area (Å²) in [5, 5.41) is 15.5. The number of aromatic nitrogens is 2. The number of hydrogen-bond acceptors (Lipinski definition) is 6. The summed E-state index contributed by atoms with van der Waals surface area (Å²) in [6.07, 6.45) is 3.60. The van der Waals surface area contributed by atoms with E-state index in [2.05, 4.69) is 5.10 Å². The summed E-state index contributed by atoms with van der Waals surface area (Å²) < 4.78 is 34.2. The van der Waals surface area contributed by atoms with Crippen LogP contribution in [-0.4, -0.2) is 54.4 Å². The molecule has 9 heteroatoms. The van der Waals surface area contributed by atoms with Crippen LogP contribution in [0.25, 0.3) is 0 Å². The fraction of sp³-hybridized carbons (Fsp3) is 0.500. The Morgan fingerprint density at radius 2 is 2.26 bits per heavy atom. The Morgan fingerprint density at radius 3 is 2.87 bits per heavy atom. The van der Waals surface area contributed by atoms with Crippen molar-refractivity contribution in [3.05, 3.63) is 29.4 Å². The van der Waals surface area contributed by atoms with E-state index in [1.165, 1.54) is 11.4 Å². The maximum atomic E-state index is 12.9. The van der Waals surface area contributed by atoms with E-state index in [4.69, 9.17) is 4.74 Å². The van der Waals surface area contributed by atoms with E-state index >= 15 is 0 Å². The first kappa shape index (κ1) is 16.4. The first-order valence-corrected chi connectivity index (χ1v) is 9.50. The second kappa shape index (κ2) is 6.23. The van der Waals surface area contributed by atoms with Crippen molar-refractivity contribution >= 4 is 21.4 Å². The highest BCUT2D eigenvalue weighted by atomic mass is 32.2. The largest absolute Gasteiger partial charge is 0.494 e. The van der Waals surface area contributed by atoms with E-state index in [1.54, 1.807) is 22.3 Å². The maximum absolute atomic E-state index is 12.9. The van der Waals surface area contributed by atoms with Gasteiger partial charge >= 0.3 is 0 Å². The van der Waals surface area contributed by atoms with Crippen LogP contribution >= 0.6 is 11.3 Å². The molecule has 2 atom stereocenters. The van der Waals surface area contributed by atoms with Crippen LogP contribution in [0, 0.1) is 5.92 Å². The standard InChI is InChI=1S/C14H19N3O4S2/c1-16-6-10(5-15-16)12-8-17(7-11(12)9-18)23(19,20)14-13(21-2)3-4-22-14/h3-6,11-12,18H,7-9H2,1-2H3/t11-,12-/m0/s1. The molecule has 23 heavy (non-hydrogen) atoms. The third-order valence-electron chi connectivity index (χ3n) is 4.18. The normalized spacial score (nSPS) is 22.6. The zero-order chi connectivity index (χ0) is 16.6. The Bertz CT molecular complexity index is 784. The molecule has 7 nitrogen and oxygen atoms in total. The monoisotopic (exact) mass is 357 g/mol. The highest BCUT2D eigenvalue weighted by molar-refractivity contribution is 7.91. The van der Waals surface area contributed by atoms with Crippen molar-refractivity contribution in [3.63, 3.8) is 0 Å². The summed E-state index contributed by atoms with van der Waals surface area (Å²) in [4.78, 5) is 0. The van der Waals surface area contributed by atoms with Crippen molar-refractivity contribution in [2.75, 3.05) is 26.8 Å². The highest BCUT2D eigenvalue weighted by Crippen LogP contribution is 2.38. The zero-order valence-electron chi connectivity index (χ0n) is 12.9. The predicted octanol–water partition coefficient (Wildman–Crippen LogP) is 0.887. The molecule has 0 aliphatic carbocycles. The third-order valence-corrected chi connectivity index (χ3v) is 7.44. The van der Waals surface area contributed by atoms with E-state index < -0.39 is 10.0 Å². The number of aliphatic hydroxyl groups excluding tert-OH is 1. The van der Waals surface area contributed by atoms with Crippen molar-refractivity contribution in [2.24, 2.45) is 13.0 Å². The quantitative estimate of drug-likeness (QED) is 0.859. The van der Waals surface area contributed by atoms with Crippen molar-refractivity contribution in [2.45, 2.75) is 10.1 Å². The molecule has 0 spiro atoms. The third kappa shape index (κ3) is 2.89. The van der Waals surface area contributed by atoms with Crippen LogP contribution < -0.4 is 4.74 Å². The molecule has 0 amide bonds. The molecule has 1 aliphatic heterocycles. The average Bonchev–Trinajstić information content (AvgIpc) is 3.25. The van der Waals surface area contributed by atoms with E-state index in [0.29, 0.717) is 18.8 Å². The number of sulfonamides is 1. The van der Waals surface area contributed by atoms with E-state index in [1.807, 2.05) is 13.2 Å².